The number of aromatic carboxylic acids is 1. The van der Waals surface area contributed by atoms with Crippen LogP contribution in [0.25, 0.3) is 21.8 Å². The normalized spacial score (nSPS) is 11.4. The molecule has 3 rings (SSSR count). The molecule has 0 bridgehead atoms. The molecule has 0 radical (unpaired) electrons. The molecule has 3 aromatic rings. The predicted octanol–water partition coefficient (Wildman–Crippen LogP) is 4.02. The van der Waals surface area contributed by atoms with Crippen molar-refractivity contribution in [1.29, 1.82) is 0 Å². The summed E-state index contributed by atoms with van der Waals surface area (Å²) in [7, 11) is 1.22. The second-order valence-corrected chi connectivity index (χ2v) is 7.67. The molecule has 0 aliphatic heterocycles. The van der Waals surface area contributed by atoms with E-state index in [1.54, 1.807) is 6.07 Å². The number of aryl methyl sites for hydroxylation is 1. The van der Waals surface area contributed by atoms with E-state index in [0.29, 0.717) is 15.6 Å². The predicted molar refractivity (Wildman–Crippen MR) is 106 cm³/mol. The first-order valence-corrected chi connectivity index (χ1v) is 9.36. The van der Waals surface area contributed by atoms with Crippen LogP contribution in [0.1, 0.15) is 19.4 Å². The minimum atomic E-state index is -1.03. The number of amidine groups is 1. The number of aromatic nitrogens is 1. The Hall–Kier alpha value is -3.04. The molecular formula is C18H15N3O4S2. The quantitative estimate of drug-likeness (QED) is 0.504. The van der Waals surface area contributed by atoms with Gasteiger partial charge < -0.3 is 15.6 Å². The number of amides is 1. The fraction of sp³-hybridized carbons (Fsp3) is 0.111. The molecule has 0 atom stereocenters. The highest BCUT2D eigenvalue weighted by molar-refractivity contribution is 7.18. The van der Waals surface area contributed by atoms with Gasteiger partial charge >= 0.3 is 12.1 Å². The maximum atomic E-state index is 11.7. The van der Waals surface area contributed by atoms with Crippen molar-refractivity contribution in [3.63, 3.8) is 0 Å². The van der Waals surface area contributed by atoms with E-state index in [9.17, 15) is 14.7 Å². The fourth-order valence-electron chi connectivity index (χ4n) is 2.39. The van der Waals surface area contributed by atoms with Crippen LogP contribution in [-0.4, -0.2) is 35.1 Å². The molecule has 27 heavy (non-hydrogen) atoms. The van der Waals surface area contributed by atoms with Crippen molar-refractivity contribution in [3.05, 3.63) is 51.0 Å². The van der Waals surface area contributed by atoms with Crippen LogP contribution >= 0.6 is 22.7 Å². The summed E-state index contributed by atoms with van der Waals surface area (Å²) in [4.78, 5) is 32.8. The van der Waals surface area contributed by atoms with Crippen LogP contribution in [0.5, 0.6) is 0 Å². The summed E-state index contributed by atoms with van der Waals surface area (Å²) in [6.45, 7) is 1.87. The molecule has 3 N–H and O–H groups in total. The first-order valence-electron chi connectivity index (χ1n) is 7.73. The van der Waals surface area contributed by atoms with Crippen LogP contribution < -0.4 is 5.73 Å². The lowest BCUT2D eigenvalue weighted by molar-refractivity contribution is 0.0702. The number of nitrogens with two attached hydrogens (primary N) is 1. The van der Waals surface area contributed by atoms with Crippen molar-refractivity contribution < 1.29 is 19.4 Å². The fourth-order valence-corrected chi connectivity index (χ4v) is 4.38. The number of benzene rings is 1. The number of ether oxygens (including phenoxy) is 1. The van der Waals surface area contributed by atoms with Gasteiger partial charge in [0.25, 0.3) is 0 Å². The zero-order valence-corrected chi connectivity index (χ0v) is 16.1. The Morgan fingerprint density at radius 1 is 1.22 bits per heavy atom. The summed E-state index contributed by atoms with van der Waals surface area (Å²) in [6.07, 6.45) is -0.783. The van der Waals surface area contributed by atoms with Gasteiger partial charge in [-0.3, -0.25) is 0 Å². The van der Waals surface area contributed by atoms with Crippen molar-refractivity contribution in [1.82, 2.24) is 4.98 Å². The SMILES string of the molecule is COC(=O)N=C(N)c1cc(-c2nc(-c3ccccc3)c(C(=O)O)s2)c(C)s1. The first kappa shape index (κ1) is 18.7. The topological polar surface area (TPSA) is 115 Å². The molecule has 2 heterocycles. The van der Waals surface area contributed by atoms with Gasteiger partial charge in [0, 0.05) is 16.0 Å². The van der Waals surface area contributed by atoms with E-state index < -0.39 is 12.1 Å². The Morgan fingerprint density at radius 3 is 2.56 bits per heavy atom. The van der Waals surface area contributed by atoms with E-state index >= 15 is 0 Å². The molecule has 0 saturated carbocycles. The molecule has 138 valence electrons. The van der Waals surface area contributed by atoms with E-state index in [1.807, 2.05) is 37.3 Å². The molecule has 7 nitrogen and oxygen atoms in total. The van der Waals surface area contributed by atoms with E-state index in [1.165, 1.54) is 18.4 Å². The highest BCUT2D eigenvalue weighted by Gasteiger charge is 2.22. The number of aliphatic imine (C=N–C) groups is 1. The third-order valence-corrected chi connectivity index (χ3v) is 5.81. The molecule has 9 heteroatoms. The number of carboxylic acid groups (broad SMARTS) is 1. The van der Waals surface area contributed by atoms with Gasteiger partial charge in [-0.2, -0.15) is 4.99 Å². The van der Waals surface area contributed by atoms with Crippen LogP contribution in [0.4, 0.5) is 4.79 Å². The molecule has 0 spiro atoms. The largest absolute Gasteiger partial charge is 0.477 e. The lowest BCUT2D eigenvalue weighted by atomic mass is 10.1. The standard InChI is InChI=1S/C18H15N3O4S2/c1-9-11(8-12(26-9)15(19)21-18(24)25-2)16-20-13(14(27-16)17(22)23)10-6-4-3-5-7-10/h3-8H,1-2H3,(H,22,23)(H2,19,21,24). The number of methoxy groups -OCH3 is 1. The summed E-state index contributed by atoms with van der Waals surface area (Å²) in [5.41, 5.74) is 7.77. The van der Waals surface area contributed by atoms with E-state index in [2.05, 4.69) is 14.7 Å². The summed E-state index contributed by atoms with van der Waals surface area (Å²) in [5.74, 6) is -0.989. The molecule has 0 fully saturated rings. The van der Waals surface area contributed by atoms with Gasteiger partial charge in [0.1, 0.15) is 15.7 Å². The van der Waals surface area contributed by atoms with Gasteiger partial charge in [-0.25, -0.2) is 14.6 Å². The summed E-state index contributed by atoms with van der Waals surface area (Å²) in [6, 6.07) is 10.9. The molecule has 2 aromatic heterocycles. The van der Waals surface area contributed by atoms with E-state index in [-0.39, 0.29) is 10.7 Å². The van der Waals surface area contributed by atoms with Crippen molar-refractivity contribution in [2.75, 3.05) is 7.11 Å². The average molecular weight is 401 g/mol. The number of hydrogen-bond acceptors (Lipinski definition) is 6. The van der Waals surface area contributed by atoms with Gasteiger partial charge in [-0.15, -0.1) is 22.7 Å². The van der Waals surface area contributed by atoms with Gasteiger partial charge in [0.05, 0.1) is 17.7 Å². The van der Waals surface area contributed by atoms with E-state index in [4.69, 9.17) is 5.73 Å². The van der Waals surface area contributed by atoms with Gasteiger partial charge in [-0.05, 0) is 13.0 Å². The minimum Gasteiger partial charge on any atom is -0.477 e. The summed E-state index contributed by atoms with van der Waals surface area (Å²) < 4.78 is 4.48. The van der Waals surface area contributed by atoms with Crippen molar-refractivity contribution in [3.8, 4) is 21.8 Å². The minimum absolute atomic E-state index is 0.0412. The Labute approximate surface area is 162 Å². The monoisotopic (exact) mass is 401 g/mol. The Balaban J connectivity index is 2.07. The molecular weight excluding hydrogens is 386 g/mol. The Kier molecular flexibility index (Phi) is 5.33. The van der Waals surface area contributed by atoms with Gasteiger partial charge in [0.2, 0.25) is 0 Å². The summed E-state index contributed by atoms with van der Waals surface area (Å²) >= 11 is 2.44. The van der Waals surface area contributed by atoms with Crippen LogP contribution in [-0.2, 0) is 4.74 Å². The number of carbonyl (C=O) groups is 2. The number of carboxylic acids is 1. The van der Waals surface area contributed by atoms with Crippen LogP contribution in [0.3, 0.4) is 0 Å². The number of thiophene rings is 1. The highest BCUT2D eigenvalue weighted by atomic mass is 32.1. The lowest BCUT2D eigenvalue weighted by Gasteiger charge is -1.97. The second-order valence-electron chi connectivity index (χ2n) is 5.42. The second kappa shape index (κ2) is 7.68. The molecule has 0 aliphatic rings. The smallest absolute Gasteiger partial charge is 0.435 e. The lowest BCUT2D eigenvalue weighted by Crippen LogP contribution is -2.14. The van der Waals surface area contributed by atoms with Crippen molar-refractivity contribution in [2.45, 2.75) is 6.92 Å². The average Bonchev–Trinajstić information content (AvgIpc) is 3.26. The van der Waals surface area contributed by atoms with Gasteiger partial charge in [0.15, 0.2) is 0 Å². The number of carbonyl (C=O) groups excluding carboxylic acids is 1. The first-order chi connectivity index (χ1) is 12.9. The van der Waals surface area contributed by atoms with Crippen LogP contribution in [0, 0.1) is 6.92 Å². The number of rotatable bonds is 4. The molecule has 0 saturated heterocycles. The van der Waals surface area contributed by atoms with E-state index in [0.717, 1.165) is 27.3 Å². The molecule has 1 amide bonds. The summed E-state index contributed by atoms with van der Waals surface area (Å²) in [5, 5.41) is 10.1. The number of nitrogens with zero attached hydrogens (tertiary/aromatic N) is 2. The van der Waals surface area contributed by atoms with Crippen molar-refractivity contribution in [2.24, 2.45) is 10.7 Å². The van der Waals surface area contributed by atoms with Crippen LogP contribution in [0.15, 0.2) is 41.4 Å². The van der Waals surface area contributed by atoms with Gasteiger partial charge in [-0.1, -0.05) is 30.3 Å². The highest BCUT2D eigenvalue weighted by Crippen LogP contribution is 2.38. The maximum Gasteiger partial charge on any atom is 0.435 e. The number of hydrogen-bond donors (Lipinski definition) is 2. The van der Waals surface area contributed by atoms with Crippen LogP contribution in [0.2, 0.25) is 0 Å². The molecule has 0 unspecified atom stereocenters. The van der Waals surface area contributed by atoms with Crippen molar-refractivity contribution >= 4 is 40.6 Å². The third-order valence-electron chi connectivity index (χ3n) is 3.66. The zero-order chi connectivity index (χ0) is 19.6. The third kappa shape index (κ3) is 3.88. The Morgan fingerprint density at radius 2 is 1.93 bits per heavy atom. The Bertz CT molecular complexity index is 1040. The number of thiazole rings is 1. The molecule has 1 aromatic carbocycles. The maximum absolute atomic E-state index is 11.7. The zero-order valence-electron chi connectivity index (χ0n) is 14.4. The molecule has 0 aliphatic carbocycles.